The second-order valence-corrected chi connectivity index (χ2v) is 7.12. The maximum absolute atomic E-state index is 13.1. The lowest BCUT2D eigenvalue weighted by Crippen LogP contribution is -2.34. The van der Waals surface area contributed by atoms with Crippen molar-refractivity contribution in [3.8, 4) is 16.9 Å². The van der Waals surface area contributed by atoms with Gasteiger partial charge < -0.3 is 9.84 Å². The van der Waals surface area contributed by atoms with E-state index in [9.17, 15) is 9.90 Å². The Kier molecular flexibility index (Phi) is 3.69. The topological polar surface area (TPSA) is 46.5 Å². The molecule has 0 bridgehead atoms. The predicted octanol–water partition coefficient (Wildman–Crippen LogP) is 4.02. The van der Waals surface area contributed by atoms with Crippen LogP contribution in [0.2, 0.25) is 0 Å². The zero-order valence-electron chi connectivity index (χ0n) is 13.9. The highest BCUT2D eigenvalue weighted by atomic mass is 16.5. The SMILES string of the molecule is COc1cccc(-c2ccc3c(c2)C(=O)C2(CCC(O)CC2)C3)c1. The summed E-state index contributed by atoms with van der Waals surface area (Å²) >= 11 is 0. The summed E-state index contributed by atoms with van der Waals surface area (Å²) in [6, 6.07) is 14.1. The summed E-state index contributed by atoms with van der Waals surface area (Å²) in [4.78, 5) is 13.1. The predicted molar refractivity (Wildman–Crippen MR) is 93.4 cm³/mol. The molecule has 0 heterocycles. The normalized spacial score (nSPS) is 25.8. The third kappa shape index (κ3) is 2.44. The molecule has 0 aliphatic heterocycles. The van der Waals surface area contributed by atoms with Gasteiger partial charge in [-0.05, 0) is 67.0 Å². The fraction of sp³-hybridized carbons (Fsp3) is 0.381. The second-order valence-electron chi connectivity index (χ2n) is 7.12. The number of hydrogen-bond acceptors (Lipinski definition) is 3. The summed E-state index contributed by atoms with van der Waals surface area (Å²) in [6.07, 6.45) is 3.67. The van der Waals surface area contributed by atoms with E-state index < -0.39 is 0 Å². The minimum absolute atomic E-state index is 0.237. The van der Waals surface area contributed by atoms with E-state index in [1.54, 1.807) is 7.11 Å². The molecule has 2 aliphatic rings. The molecule has 0 radical (unpaired) electrons. The molecule has 24 heavy (non-hydrogen) atoms. The highest BCUT2D eigenvalue weighted by Crippen LogP contribution is 2.47. The van der Waals surface area contributed by atoms with E-state index in [2.05, 4.69) is 12.1 Å². The van der Waals surface area contributed by atoms with E-state index in [-0.39, 0.29) is 17.3 Å². The van der Waals surface area contributed by atoms with E-state index >= 15 is 0 Å². The quantitative estimate of drug-likeness (QED) is 0.908. The van der Waals surface area contributed by atoms with Crippen LogP contribution >= 0.6 is 0 Å². The lowest BCUT2D eigenvalue weighted by molar-refractivity contribution is 0.0513. The van der Waals surface area contributed by atoms with Crippen LogP contribution in [-0.2, 0) is 6.42 Å². The fourth-order valence-corrected chi connectivity index (χ4v) is 4.21. The first-order valence-corrected chi connectivity index (χ1v) is 8.61. The number of fused-ring (bicyclic) bond motifs is 1. The zero-order valence-corrected chi connectivity index (χ0v) is 13.9. The van der Waals surface area contributed by atoms with Gasteiger partial charge in [0.05, 0.1) is 13.2 Å². The average molecular weight is 322 g/mol. The van der Waals surface area contributed by atoms with E-state index in [0.717, 1.165) is 60.1 Å². The van der Waals surface area contributed by atoms with Crippen molar-refractivity contribution in [1.82, 2.24) is 0 Å². The van der Waals surface area contributed by atoms with Gasteiger partial charge >= 0.3 is 0 Å². The lowest BCUT2D eigenvalue weighted by Gasteiger charge is -2.33. The summed E-state index contributed by atoms with van der Waals surface area (Å²) in [5, 5.41) is 9.78. The first kappa shape index (κ1) is 15.4. The van der Waals surface area contributed by atoms with E-state index in [4.69, 9.17) is 4.74 Å². The number of aliphatic hydroxyl groups excluding tert-OH is 1. The second kappa shape index (κ2) is 5.75. The van der Waals surface area contributed by atoms with Gasteiger partial charge in [0.1, 0.15) is 5.75 Å². The number of carbonyl (C=O) groups is 1. The minimum Gasteiger partial charge on any atom is -0.497 e. The Bertz CT molecular complexity index is 785. The first-order valence-electron chi connectivity index (χ1n) is 8.61. The Labute approximate surface area is 142 Å². The number of carbonyl (C=O) groups excluding carboxylic acids is 1. The molecule has 1 spiro atoms. The molecule has 1 fully saturated rings. The molecule has 2 aliphatic carbocycles. The van der Waals surface area contributed by atoms with Crippen molar-refractivity contribution < 1.29 is 14.6 Å². The highest BCUT2D eigenvalue weighted by molar-refractivity contribution is 6.05. The molecule has 2 aromatic rings. The first-order chi connectivity index (χ1) is 11.6. The van der Waals surface area contributed by atoms with E-state index in [1.807, 2.05) is 30.3 Å². The number of benzene rings is 2. The molecule has 3 nitrogen and oxygen atoms in total. The smallest absolute Gasteiger partial charge is 0.169 e. The van der Waals surface area contributed by atoms with Crippen LogP contribution in [0.4, 0.5) is 0 Å². The van der Waals surface area contributed by atoms with Crippen molar-refractivity contribution in [1.29, 1.82) is 0 Å². The molecule has 0 unspecified atom stereocenters. The van der Waals surface area contributed by atoms with Crippen LogP contribution in [-0.4, -0.2) is 24.1 Å². The Morgan fingerprint density at radius 1 is 1.08 bits per heavy atom. The monoisotopic (exact) mass is 322 g/mol. The van der Waals surface area contributed by atoms with E-state index in [0.29, 0.717) is 0 Å². The Morgan fingerprint density at radius 2 is 1.83 bits per heavy atom. The molecule has 0 saturated heterocycles. The molecule has 0 amide bonds. The van der Waals surface area contributed by atoms with Crippen molar-refractivity contribution in [2.24, 2.45) is 5.41 Å². The summed E-state index contributed by atoms with van der Waals surface area (Å²) < 4.78 is 5.30. The van der Waals surface area contributed by atoms with Gasteiger partial charge in [0, 0.05) is 11.0 Å². The number of methoxy groups -OCH3 is 1. The molecule has 2 aromatic carbocycles. The van der Waals surface area contributed by atoms with Gasteiger partial charge in [-0.2, -0.15) is 0 Å². The number of rotatable bonds is 2. The van der Waals surface area contributed by atoms with Crippen molar-refractivity contribution in [3.05, 3.63) is 53.6 Å². The highest BCUT2D eigenvalue weighted by Gasteiger charge is 2.47. The average Bonchev–Trinajstić information content (AvgIpc) is 2.89. The van der Waals surface area contributed by atoms with Crippen LogP contribution in [0.5, 0.6) is 5.75 Å². The van der Waals surface area contributed by atoms with Crippen molar-refractivity contribution in [3.63, 3.8) is 0 Å². The van der Waals surface area contributed by atoms with Crippen molar-refractivity contribution in [2.45, 2.75) is 38.2 Å². The summed E-state index contributed by atoms with van der Waals surface area (Å²) in [7, 11) is 1.66. The molecule has 0 aromatic heterocycles. The van der Waals surface area contributed by atoms with Gasteiger partial charge in [-0.3, -0.25) is 4.79 Å². The maximum Gasteiger partial charge on any atom is 0.169 e. The van der Waals surface area contributed by atoms with Crippen LogP contribution in [0.15, 0.2) is 42.5 Å². The van der Waals surface area contributed by atoms with Gasteiger partial charge in [0.2, 0.25) is 0 Å². The van der Waals surface area contributed by atoms with Crippen LogP contribution in [0.3, 0.4) is 0 Å². The summed E-state index contributed by atoms with van der Waals surface area (Å²) in [5.74, 6) is 1.09. The molecular formula is C21H22O3. The number of Topliss-reactive ketones (excluding diaryl/α,β-unsaturated/α-hetero) is 1. The van der Waals surface area contributed by atoms with Gasteiger partial charge in [-0.15, -0.1) is 0 Å². The fourth-order valence-electron chi connectivity index (χ4n) is 4.21. The number of ether oxygens (including phenoxy) is 1. The summed E-state index contributed by atoms with van der Waals surface area (Å²) in [6.45, 7) is 0. The Morgan fingerprint density at radius 3 is 2.58 bits per heavy atom. The molecular weight excluding hydrogens is 300 g/mol. The van der Waals surface area contributed by atoms with E-state index in [1.165, 1.54) is 0 Å². The van der Waals surface area contributed by atoms with Crippen molar-refractivity contribution in [2.75, 3.05) is 7.11 Å². The minimum atomic E-state index is -0.269. The molecule has 1 saturated carbocycles. The van der Waals surface area contributed by atoms with Gasteiger partial charge in [0.15, 0.2) is 5.78 Å². The molecule has 3 heteroatoms. The largest absolute Gasteiger partial charge is 0.497 e. The van der Waals surface area contributed by atoms with Crippen LogP contribution in [0.25, 0.3) is 11.1 Å². The van der Waals surface area contributed by atoms with Crippen molar-refractivity contribution >= 4 is 5.78 Å². The molecule has 1 N–H and O–H groups in total. The number of aliphatic hydroxyl groups is 1. The van der Waals surface area contributed by atoms with Crippen LogP contribution in [0.1, 0.15) is 41.6 Å². The zero-order chi connectivity index (χ0) is 16.7. The standard InChI is InChI=1S/C21H22O3/c1-24-18-4-2-3-14(11-18)15-5-6-16-13-21(20(23)19(16)12-15)9-7-17(22)8-10-21/h2-6,11-12,17,22H,7-10,13H2,1H3. The third-order valence-corrected chi connectivity index (χ3v) is 5.68. The van der Waals surface area contributed by atoms with Gasteiger partial charge in [-0.1, -0.05) is 24.3 Å². The Hall–Kier alpha value is -2.13. The van der Waals surface area contributed by atoms with Gasteiger partial charge in [-0.25, -0.2) is 0 Å². The summed E-state index contributed by atoms with van der Waals surface area (Å²) in [5.41, 5.74) is 3.86. The van der Waals surface area contributed by atoms with Gasteiger partial charge in [0.25, 0.3) is 0 Å². The lowest BCUT2D eigenvalue weighted by atomic mass is 9.70. The third-order valence-electron chi connectivity index (χ3n) is 5.68. The molecule has 4 rings (SSSR count). The number of hydrogen-bond donors (Lipinski definition) is 1. The molecule has 124 valence electrons. The van der Waals surface area contributed by atoms with Crippen LogP contribution < -0.4 is 4.74 Å². The van der Waals surface area contributed by atoms with Crippen LogP contribution in [0, 0.1) is 5.41 Å². The number of ketones is 1. The molecule has 0 atom stereocenters. The Balaban J connectivity index is 1.68. The maximum atomic E-state index is 13.1.